The minimum absolute atomic E-state index is 0.245. The Morgan fingerprint density at radius 2 is 1.88 bits per heavy atom. The lowest BCUT2D eigenvalue weighted by Gasteiger charge is -2.11. The molecule has 1 saturated heterocycles. The number of imide groups is 1. The first kappa shape index (κ1) is 18.2. The van der Waals surface area contributed by atoms with E-state index in [0.717, 1.165) is 14.9 Å². The maximum Gasteiger partial charge on any atom is 0.328 e. The second-order valence-electron chi connectivity index (χ2n) is 5.99. The van der Waals surface area contributed by atoms with Crippen molar-refractivity contribution in [1.82, 2.24) is 10.2 Å². The molecule has 0 atom stereocenters. The molecule has 0 spiro atoms. The van der Waals surface area contributed by atoms with Crippen LogP contribution in [0, 0.1) is 6.92 Å². The zero-order chi connectivity index (χ0) is 18.7. The minimum atomic E-state index is -0.402. The number of halogens is 1. The van der Waals surface area contributed by atoms with Gasteiger partial charge in [0.15, 0.2) is 0 Å². The highest BCUT2D eigenvalue weighted by Crippen LogP contribution is 2.27. The third-order valence-corrected chi connectivity index (χ3v) is 4.56. The number of aryl methyl sites for hydroxylation is 1. The van der Waals surface area contributed by atoms with Crippen molar-refractivity contribution in [1.29, 1.82) is 0 Å². The summed E-state index contributed by atoms with van der Waals surface area (Å²) >= 11 is 3.43. The van der Waals surface area contributed by atoms with Crippen molar-refractivity contribution in [2.24, 2.45) is 0 Å². The molecule has 26 heavy (non-hydrogen) atoms. The smallest absolute Gasteiger partial charge is 0.328 e. The lowest BCUT2D eigenvalue weighted by atomic mass is 10.1. The molecule has 3 rings (SSSR count). The molecule has 1 aliphatic rings. The van der Waals surface area contributed by atoms with Crippen LogP contribution < -0.4 is 10.1 Å². The number of likely N-dealkylation sites (N-methyl/N-ethyl adjacent to an activating group) is 1. The van der Waals surface area contributed by atoms with E-state index < -0.39 is 6.03 Å². The van der Waals surface area contributed by atoms with E-state index in [1.807, 2.05) is 49.4 Å². The zero-order valence-electron chi connectivity index (χ0n) is 14.6. The third kappa shape index (κ3) is 3.96. The fourth-order valence-corrected chi connectivity index (χ4v) is 3.00. The Morgan fingerprint density at radius 3 is 2.54 bits per heavy atom. The van der Waals surface area contributed by atoms with Gasteiger partial charge in [-0.25, -0.2) is 4.79 Å². The van der Waals surface area contributed by atoms with Crippen LogP contribution in [0.3, 0.4) is 0 Å². The number of amides is 3. The second kappa shape index (κ2) is 7.74. The first-order chi connectivity index (χ1) is 12.5. The maximum atomic E-state index is 12.3. The normalized spacial score (nSPS) is 15.5. The number of ether oxygens (including phenoxy) is 1. The molecule has 5 nitrogen and oxygen atoms in total. The molecule has 1 fully saturated rings. The predicted octanol–water partition coefficient (Wildman–Crippen LogP) is 4.25. The van der Waals surface area contributed by atoms with Crippen LogP contribution in [-0.2, 0) is 11.4 Å². The maximum absolute atomic E-state index is 12.3. The largest absolute Gasteiger partial charge is 0.488 e. The highest BCUT2D eigenvalue weighted by Gasteiger charge is 2.32. The molecule has 0 bridgehead atoms. The summed E-state index contributed by atoms with van der Waals surface area (Å²) in [5, 5.41) is 2.61. The lowest BCUT2D eigenvalue weighted by molar-refractivity contribution is -0.122. The molecule has 2 aromatic rings. The van der Waals surface area contributed by atoms with Crippen LogP contribution in [0.1, 0.15) is 23.6 Å². The van der Waals surface area contributed by atoms with Crippen LogP contribution in [0.2, 0.25) is 0 Å². The highest BCUT2D eigenvalue weighted by atomic mass is 79.9. The van der Waals surface area contributed by atoms with Crippen LogP contribution >= 0.6 is 15.9 Å². The van der Waals surface area contributed by atoms with Crippen LogP contribution in [0.5, 0.6) is 5.75 Å². The standard InChI is InChI=1S/C20H19BrN2O3/c1-3-23-19(24)17(22-20(23)25)11-15-10-16(21)8-9-18(15)26-12-14-6-4-13(2)5-7-14/h4-11H,3,12H2,1-2H3,(H,22,25)/b17-11+. The molecule has 1 aliphatic heterocycles. The molecule has 0 unspecified atom stereocenters. The van der Waals surface area contributed by atoms with Gasteiger partial charge in [0.2, 0.25) is 0 Å². The van der Waals surface area contributed by atoms with Crippen LogP contribution in [0.25, 0.3) is 6.08 Å². The molecule has 0 aliphatic carbocycles. The van der Waals surface area contributed by atoms with Crippen LogP contribution in [0.4, 0.5) is 4.79 Å². The Bertz CT molecular complexity index is 875. The second-order valence-corrected chi connectivity index (χ2v) is 6.91. The Balaban J connectivity index is 1.84. The molecule has 3 amide bonds. The van der Waals surface area contributed by atoms with Crippen molar-refractivity contribution in [3.63, 3.8) is 0 Å². The van der Waals surface area contributed by atoms with E-state index in [4.69, 9.17) is 4.74 Å². The summed E-state index contributed by atoms with van der Waals surface area (Å²) in [4.78, 5) is 25.3. The quantitative estimate of drug-likeness (QED) is 0.587. The molecule has 1 N–H and O–H groups in total. The van der Waals surface area contributed by atoms with Gasteiger partial charge in [0.1, 0.15) is 18.1 Å². The van der Waals surface area contributed by atoms with Crippen molar-refractivity contribution in [3.05, 3.63) is 69.3 Å². The van der Waals surface area contributed by atoms with E-state index in [0.29, 0.717) is 24.5 Å². The fraction of sp³-hybridized carbons (Fsp3) is 0.200. The van der Waals surface area contributed by atoms with E-state index in [1.165, 1.54) is 5.56 Å². The Kier molecular flexibility index (Phi) is 5.42. The molecule has 0 aromatic heterocycles. The predicted molar refractivity (Wildman–Crippen MR) is 104 cm³/mol. The van der Waals surface area contributed by atoms with Crippen molar-refractivity contribution in [3.8, 4) is 5.75 Å². The first-order valence-electron chi connectivity index (χ1n) is 8.30. The van der Waals surface area contributed by atoms with Gasteiger partial charge < -0.3 is 10.1 Å². The van der Waals surface area contributed by atoms with Crippen molar-refractivity contribution in [2.75, 3.05) is 6.54 Å². The molecule has 0 radical (unpaired) electrons. The van der Waals surface area contributed by atoms with Crippen molar-refractivity contribution >= 4 is 33.9 Å². The number of carbonyl (C=O) groups excluding carboxylic acids is 2. The summed E-state index contributed by atoms with van der Waals surface area (Å²) in [5.74, 6) is 0.306. The van der Waals surface area contributed by atoms with Gasteiger partial charge in [-0.1, -0.05) is 45.8 Å². The summed E-state index contributed by atoms with van der Waals surface area (Å²) in [6.07, 6.45) is 1.64. The Hall–Kier alpha value is -2.60. The van der Waals surface area contributed by atoms with Crippen molar-refractivity contribution in [2.45, 2.75) is 20.5 Å². The lowest BCUT2D eigenvalue weighted by Crippen LogP contribution is -2.30. The number of hydrogen-bond acceptors (Lipinski definition) is 3. The number of nitrogens with one attached hydrogen (secondary N) is 1. The molecular weight excluding hydrogens is 396 g/mol. The van der Waals surface area contributed by atoms with E-state index >= 15 is 0 Å². The number of carbonyl (C=O) groups is 2. The zero-order valence-corrected chi connectivity index (χ0v) is 16.2. The van der Waals surface area contributed by atoms with Gasteiger partial charge in [0.05, 0.1) is 0 Å². The molecule has 6 heteroatoms. The molecular formula is C20H19BrN2O3. The fourth-order valence-electron chi connectivity index (χ4n) is 2.62. The number of nitrogens with zero attached hydrogens (tertiary/aromatic N) is 1. The average Bonchev–Trinajstić information content (AvgIpc) is 2.88. The monoisotopic (exact) mass is 414 g/mol. The van der Waals surface area contributed by atoms with Gasteiger partial charge in [-0.05, 0) is 43.7 Å². The molecule has 134 valence electrons. The van der Waals surface area contributed by atoms with E-state index in [2.05, 4.69) is 21.2 Å². The first-order valence-corrected chi connectivity index (χ1v) is 9.09. The van der Waals surface area contributed by atoms with Crippen molar-refractivity contribution < 1.29 is 14.3 Å². The van der Waals surface area contributed by atoms with Crippen LogP contribution in [0.15, 0.2) is 52.6 Å². The SMILES string of the molecule is CCN1C(=O)N/C(=C/c2cc(Br)ccc2OCc2ccc(C)cc2)C1=O. The number of rotatable bonds is 5. The van der Waals surface area contributed by atoms with Gasteiger partial charge in [0, 0.05) is 16.6 Å². The Morgan fingerprint density at radius 1 is 1.15 bits per heavy atom. The third-order valence-electron chi connectivity index (χ3n) is 4.07. The highest BCUT2D eigenvalue weighted by molar-refractivity contribution is 9.10. The summed E-state index contributed by atoms with van der Waals surface area (Å²) < 4.78 is 6.80. The molecule has 2 aromatic carbocycles. The van der Waals surface area contributed by atoms with Gasteiger partial charge >= 0.3 is 6.03 Å². The van der Waals surface area contributed by atoms with Gasteiger partial charge in [-0.3, -0.25) is 9.69 Å². The molecule has 1 heterocycles. The minimum Gasteiger partial charge on any atom is -0.488 e. The van der Waals surface area contributed by atoms with Crippen LogP contribution in [-0.4, -0.2) is 23.4 Å². The van der Waals surface area contributed by atoms with Gasteiger partial charge in [0.25, 0.3) is 5.91 Å². The summed E-state index contributed by atoms with van der Waals surface area (Å²) in [6, 6.07) is 13.3. The summed E-state index contributed by atoms with van der Waals surface area (Å²) in [6.45, 7) is 4.54. The number of hydrogen-bond donors (Lipinski definition) is 1. The number of urea groups is 1. The van der Waals surface area contributed by atoms with E-state index in [1.54, 1.807) is 13.0 Å². The van der Waals surface area contributed by atoms with Gasteiger partial charge in [-0.2, -0.15) is 0 Å². The van der Waals surface area contributed by atoms with Gasteiger partial charge in [-0.15, -0.1) is 0 Å². The Labute approximate surface area is 160 Å². The van der Waals surface area contributed by atoms with E-state index in [9.17, 15) is 9.59 Å². The topological polar surface area (TPSA) is 58.6 Å². The summed E-state index contributed by atoms with van der Waals surface area (Å²) in [5.41, 5.74) is 3.21. The summed E-state index contributed by atoms with van der Waals surface area (Å²) in [7, 11) is 0. The van der Waals surface area contributed by atoms with E-state index in [-0.39, 0.29) is 11.6 Å². The number of benzene rings is 2. The average molecular weight is 415 g/mol. The molecule has 0 saturated carbocycles.